The van der Waals surface area contributed by atoms with Crippen LogP contribution in [0, 0.1) is 0 Å². The van der Waals surface area contributed by atoms with Crippen molar-refractivity contribution in [3.05, 3.63) is 80.8 Å². The molecule has 0 fully saturated rings. The fourth-order valence-corrected chi connectivity index (χ4v) is 3.45. The molecule has 0 saturated carbocycles. The molecule has 0 radical (unpaired) electrons. The summed E-state index contributed by atoms with van der Waals surface area (Å²) in [5.74, 6) is 0.786. The van der Waals surface area contributed by atoms with E-state index in [1.54, 1.807) is 54.6 Å². The monoisotopic (exact) mass is 420 g/mol. The van der Waals surface area contributed by atoms with Crippen LogP contribution in [0.2, 0.25) is 15.1 Å². The number of methoxy groups -OCH3 is 2. The second-order valence-corrected chi connectivity index (χ2v) is 7.06. The minimum Gasteiger partial charge on any atom is -0.496 e. The van der Waals surface area contributed by atoms with Crippen molar-refractivity contribution in [1.29, 1.82) is 0 Å². The maximum absolute atomic E-state index is 12.9. The Morgan fingerprint density at radius 2 is 1.22 bits per heavy atom. The van der Waals surface area contributed by atoms with Gasteiger partial charge in [0.25, 0.3) is 0 Å². The van der Waals surface area contributed by atoms with Gasteiger partial charge < -0.3 is 9.47 Å². The number of carbonyl (C=O) groups excluding carboxylic acids is 1. The summed E-state index contributed by atoms with van der Waals surface area (Å²) in [5, 5.41) is 1.54. The van der Waals surface area contributed by atoms with Gasteiger partial charge >= 0.3 is 0 Å². The van der Waals surface area contributed by atoms with Crippen LogP contribution in [0.4, 0.5) is 0 Å². The molecular weight excluding hydrogens is 407 g/mol. The lowest BCUT2D eigenvalue weighted by Crippen LogP contribution is -2.04. The van der Waals surface area contributed by atoms with Crippen LogP contribution < -0.4 is 9.47 Å². The molecule has 3 aromatic rings. The predicted octanol–water partition coefficient (Wildman–Crippen LogP) is 6.56. The first-order chi connectivity index (χ1) is 12.9. The molecule has 0 N–H and O–H groups in total. The van der Waals surface area contributed by atoms with Crippen LogP contribution in [0.3, 0.4) is 0 Å². The summed E-state index contributed by atoms with van der Waals surface area (Å²) >= 11 is 18.2. The van der Waals surface area contributed by atoms with Crippen molar-refractivity contribution in [2.45, 2.75) is 0 Å². The fraction of sp³-hybridized carbons (Fsp3) is 0.0952. The number of carbonyl (C=O) groups is 1. The summed E-state index contributed by atoms with van der Waals surface area (Å²) in [7, 11) is 3.06. The van der Waals surface area contributed by atoms with Crippen molar-refractivity contribution in [3.8, 4) is 22.6 Å². The molecule has 3 nitrogen and oxygen atoms in total. The Balaban J connectivity index is 2.14. The zero-order valence-electron chi connectivity index (χ0n) is 14.6. The molecule has 0 aromatic heterocycles. The van der Waals surface area contributed by atoms with Gasteiger partial charge in [0, 0.05) is 26.2 Å². The maximum Gasteiger partial charge on any atom is 0.193 e. The molecule has 0 aliphatic rings. The van der Waals surface area contributed by atoms with E-state index < -0.39 is 0 Å². The Bertz CT molecular complexity index is 953. The highest BCUT2D eigenvalue weighted by Gasteiger charge is 2.19. The summed E-state index contributed by atoms with van der Waals surface area (Å²) in [5.41, 5.74) is 2.34. The summed E-state index contributed by atoms with van der Waals surface area (Å²) in [4.78, 5) is 12.9. The largest absolute Gasteiger partial charge is 0.496 e. The molecule has 6 heteroatoms. The van der Waals surface area contributed by atoms with Gasteiger partial charge in [-0.3, -0.25) is 4.79 Å². The van der Waals surface area contributed by atoms with E-state index in [0.717, 1.165) is 5.56 Å². The van der Waals surface area contributed by atoms with Crippen molar-refractivity contribution in [2.24, 2.45) is 0 Å². The summed E-state index contributed by atoms with van der Waals surface area (Å²) in [6.45, 7) is 0. The summed E-state index contributed by atoms with van der Waals surface area (Å²) in [6.07, 6.45) is 0. The molecule has 0 heterocycles. The van der Waals surface area contributed by atoms with Gasteiger partial charge in [0.2, 0.25) is 0 Å². The van der Waals surface area contributed by atoms with Crippen LogP contribution in [0.1, 0.15) is 15.9 Å². The number of hydrogen-bond donors (Lipinski definition) is 0. The van der Waals surface area contributed by atoms with Crippen LogP contribution in [0.25, 0.3) is 11.1 Å². The maximum atomic E-state index is 12.9. The molecule has 0 aliphatic heterocycles. The SMILES string of the molecule is COc1cc(C(=O)c2ccc(Cl)cc2)cc(OC)c1-c1cc(Cl)cc(Cl)c1. The number of rotatable bonds is 5. The molecule has 0 aliphatic carbocycles. The van der Waals surface area contributed by atoms with E-state index in [1.807, 2.05) is 0 Å². The zero-order chi connectivity index (χ0) is 19.6. The minimum atomic E-state index is -0.168. The van der Waals surface area contributed by atoms with Crippen LogP contribution in [-0.4, -0.2) is 20.0 Å². The van der Waals surface area contributed by atoms with Gasteiger partial charge in [0.05, 0.1) is 19.8 Å². The standard InChI is InChI=1S/C21H15Cl3O3/c1-26-18-9-14(21(25)12-3-5-15(22)6-4-12)10-19(27-2)20(18)13-7-16(23)11-17(24)8-13/h3-11H,1-2H3. The molecule has 0 atom stereocenters. The lowest BCUT2D eigenvalue weighted by Gasteiger charge is -2.16. The van der Waals surface area contributed by atoms with E-state index in [-0.39, 0.29) is 5.78 Å². The average molecular weight is 422 g/mol. The van der Waals surface area contributed by atoms with Crippen molar-refractivity contribution in [1.82, 2.24) is 0 Å². The van der Waals surface area contributed by atoms with Crippen LogP contribution >= 0.6 is 34.8 Å². The van der Waals surface area contributed by atoms with Crippen LogP contribution in [0.15, 0.2) is 54.6 Å². The number of ether oxygens (including phenoxy) is 2. The Kier molecular flexibility index (Phi) is 5.95. The Morgan fingerprint density at radius 3 is 1.70 bits per heavy atom. The predicted molar refractivity (Wildman–Crippen MR) is 110 cm³/mol. The van der Waals surface area contributed by atoms with E-state index in [4.69, 9.17) is 44.3 Å². The summed E-state index contributed by atoms with van der Waals surface area (Å²) in [6, 6.07) is 15.2. The van der Waals surface area contributed by atoms with Crippen molar-refractivity contribution < 1.29 is 14.3 Å². The first kappa shape index (κ1) is 19.6. The number of ketones is 1. The van der Waals surface area contributed by atoms with E-state index >= 15 is 0 Å². The normalized spacial score (nSPS) is 10.6. The van der Waals surface area contributed by atoms with Gasteiger partial charge in [-0.25, -0.2) is 0 Å². The Labute approximate surface area is 172 Å². The lowest BCUT2D eigenvalue weighted by molar-refractivity contribution is 0.103. The molecule has 0 bridgehead atoms. The van der Waals surface area contributed by atoms with Crippen LogP contribution in [-0.2, 0) is 0 Å². The molecule has 3 rings (SSSR count). The second kappa shape index (κ2) is 8.22. The first-order valence-corrected chi connectivity index (χ1v) is 9.09. The molecule has 138 valence electrons. The van der Waals surface area contributed by atoms with E-state index in [9.17, 15) is 4.79 Å². The fourth-order valence-electron chi connectivity index (χ4n) is 2.79. The third kappa shape index (κ3) is 4.22. The van der Waals surface area contributed by atoms with Gasteiger partial charge in [-0.2, -0.15) is 0 Å². The van der Waals surface area contributed by atoms with Gasteiger partial charge in [0.1, 0.15) is 11.5 Å². The Hall–Kier alpha value is -2.20. The van der Waals surface area contributed by atoms with Crippen molar-refractivity contribution in [3.63, 3.8) is 0 Å². The van der Waals surface area contributed by atoms with Gasteiger partial charge in [-0.1, -0.05) is 34.8 Å². The van der Waals surface area contributed by atoms with E-state index in [1.165, 1.54) is 14.2 Å². The molecule has 0 amide bonds. The molecule has 27 heavy (non-hydrogen) atoms. The highest BCUT2D eigenvalue weighted by molar-refractivity contribution is 6.35. The third-order valence-electron chi connectivity index (χ3n) is 4.03. The topological polar surface area (TPSA) is 35.5 Å². The van der Waals surface area contributed by atoms with Crippen LogP contribution in [0.5, 0.6) is 11.5 Å². The van der Waals surface area contributed by atoms with Crippen molar-refractivity contribution >= 4 is 40.6 Å². The van der Waals surface area contributed by atoms with Gasteiger partial charge in [-0.15, -0.1) is 0 Å². The molecule has 0 spiro atoms. The first-order valence-electron chi connectivity index (χ1n) is 7.95. The van der Waals surface area contributed by atoms with Crippen molar-refractivity contribution in [2.75, 3.05) is 14.2 Å². The number of benzene rings is 3. The smallest absolute Gasteiger partial charge is 0.193 e. The third-order valence-corrected chi connectivity index (χ3v) is 4.71. The molecule has 0 saturated heterocycles. The lowest BCUT2D eigenvalue weighted by atomic mass is 9.97. The van der Waals surface area contributed by atoms with E-state index in [0.29, 0.717) is 43.3 Å². The zero-order valence-corrected chi connectivity index (χ0v) is 16.8. The Morgan fingerprint density at radius 1 is 0.704 bits per heavy atom. The molecule has 3 aromatic carbocycles. The summed E-state index contributed by atoms with van der Waals surface area (Å²) < 4.78 is 11.1. The van der Waals surface area contributed by atoms with Gasteiger partial charge in [-0.05, 0) is 60.2 Å². The molecular formula is C21H15Cl3O3. The second-order valence-electron chi connectivity index (χ2n) is 5.75. The highest BCUT2D eigenvalue weighted by Crippen LogP contribution is 2.41. The number of hydrogen-bond acceptors (Lipinski definition) is 3. The minimum absolute atomic E-state index is 0.168. The quantitative estimate of drug-likeness (QED) is 0.437. The highest BCUT2D eigenvalue weighted by atomic mass is 35.5. The number of halogens is 3. The average Bonchev–Trinajstić information content (AvgIpc) is 2.66. The van der Waals surface area contributed by atoms with Gasteiger partial charge in [0.15, 0.2) is 5.78 Å². The molecule has 0 unspecified atom stereocenters. The van der Waals surface area contributed by atoms with E-state index in [2.05, 4.69) is 0 Å².